The molecule has 1 aromatic carbocycles. The predicted molar refractivity (Wildman–Crippen MR) is 78.9 cm³/mol. The summed E-state index contributed by atoms with van der Waals surface area (Å²) in [6.45, 7) is 3.74. The second-order valence-corrected chi connectivity index (χ2v) is 4.53. The Balaban J connectivity index is 2.17. The maximum atomic E-state index is 8.75. The zero-order valence-electron chi connectivity index (χ0n) is 11.5. The van der Waals surface area contributed by atoms with E-state index in [4.69, 9.17) is 11.0 Å². The number of benzene rings is 1. The van der Waals surface area contributed by atoms with Gasteiger partial charge in [0, 0.05) is 18.8 Å². The summed E-state index contributed by atoms with van der Waals surface area (Å²) in [6.07, 6.45) is 4.16. The standard InChI is InChI=1S/C15H17N5/c1-2-7-20(11-12-3-5-13(17)6-4-12)15-10-18-14(8-16)9-19-15/h3-6,9-10H,2,7,11,17H2,1H3. The van der Waals surface area contributed by atoms with Crippen molar-refractivity contribution in [2.45, 2.75) is 19.9 Å². The Morgan fingerprint density at radius 3 is 2.50 bits per heavy atom. The van der Waals surface area contributed by atoms with Gasteiger partial charge in [0.1, 0.15) is 11.9 Å². The summed E-state index contributed by atoms with van der Waals surface area (Å²) < 4.78 is 0. The third kappa shape index (κ3) is 3.45. The fraction of sp³-hybridized carbons (Fsp3) is 0.267. The van der Waals surface area contributed by atoms with E-state index in [2.05, 4.69) is 21.8 Å². The third-order valence-corrected chi connectivity index (χ3v) is 2.92. The van der Waals surface area contributed by atoms with E-state index in [0.717, 1.165) is 31.0 Å². The van der Waals surface area contributed by atoms with Crippen molar-refractivity contribution in [2.24, 2.45) is 0 Å². The van der Waals surface area contributed by atoms with Gasteiger partial charge in [0.05, 0.1) is 12.4 Å². The SMILES string of the molecule is CCCN(Cc1ccc(N)cc1)c1cnc(C#N)cn1. The quantitative estimate of drug-likeness (QED) is 0.841. The molecule has 102 valence electrons. The van der Waals surface area contributed by atoms with Crippen LogP contribution in [0.5, 0.6) is 0 Å². The molecule has 0 atom stereocenters. The molecule has 0 aliphatic rings. The number of nitrogens with zero attached hydrogens (tertiary/aromatic N) is 4. The minimum atomic E-state index is 0.331. The van der Waals surface area contributed by atoms with Crippen LogP contribution in [0.2, 0.25) is 0 Å². The molecule has 0 bridgehead atoms. The fourth-order valence-electron chi connectivity index (χ4n) is 1.93. The molecule has 0 saturated heterocycles. The van der Waals surface area contributed by atoms with E-state index in [1.54, 1.807) is 6.20 Å². The smallest absolute Gasteiger partial charge is 0.158 e. The molecule has 0 aliphatic carbocycles. The number of hydrogen-bond donors (Lipinski definition) is 1. The van der Waals surface area contributed by atoms with Gasteiger partial charge in [-0.1, -0.05) is 19.1 Å². The van der Waals surface area contributed by atoms with Crippen LogP contribution in [0.25, 0.3) is 0 Å². The molecular formula is C15H17N5. The van der Waals surface area contributed by atoms with E-state index < -0.39 is 0 Å². The van der Waals surface area contributed by atoms with Crippen LogP contribution in [0, 0.1) is 11.3 Å². The Hall–Kier alpha value is -2.61. The highest BCUT2D eigenvalue weighted by atomic mass is 15.2. The molecule has 1 aromatic heterocycles. The lowest BCUT2D eigenvalue weighted by atomic mass is 10.2. The number of hydrogen-bond acceptors (Lipinski definition) is 5. The van der Waals surface area contributed by atoms with Gasteiger partial charge in [-0.3, -0.25) is 0 Å². The predicted octanol–water partition coefficient (Wildman–Crippen LogP) is 2.35. The number of aromatic nitrogens is 2. The molecule has 0 aliphatic heterocycles. The van der Waals surface area contributed by atoms with Gasteiger partial charge in [-0.05, 0) is 24.1 Å². The molecule has 0 saturated carbocycles. The molecule has 0 spiro atoms. The number of nitriles is 1. The first-order valence-electron chi connectivity index (χ1n) is 6.54. The summed E-state index contributed by atoms with van der Waals surface area (Å²) in [4.78, 5) is 10.5. The van der Waals surface area contributed by atoms with E-state index in [-0.39, 0.29) is 0 Å². The molecule has 2 rings (SSSR count). The number of rotatable bonds is 5. The van der Waals surface area contributed by atoms with Crippen LogP contribution >= 0.6 is 0 Å². The number of nitrogens with two attached hydrogens (primary N) is 1. The van der Waals surface area contributed by atoms with Crippen LogP contribution in [-0.2, 0) is 6.54 Å². The van der Waals surface area contributed by atoms with Crippen molar-refractivity contribution >= 4 is 11.5 Å². The van der Waals surface area contributed by atoms with E-state index in [1.807, 2.05) is 30.3 Å². The Morgan fingerprint density at radius 1 is 1.20 bits per heavy atom. The zero-order valence-corrected chi connectivity index (χ0v) is 11.5. The molecule has 0 fully saturated rings. The van der Waals surface area contributed by atoms with Crippen LogP contribution < -0.4 is 10.6 Å². The van der Waals surface area contributed by atoms with Gasteiger partial charge in [-0.15, -0.1) is 0 Å². The Labute approximate surface area is 118 Å². The average molecular weight is 267 g/mol. The summed E-state index contributed by atoms with van der Waals surface area (Å²) >= 11 is 0. The van der Waals surface area contributed by atoms with Gasteiger partial charge in [0.25, 0.3) is 0 Å². The third-order valence-electron chi connectivity index (χ3n) is 2.92. The second-order valence-electron chi connectivity index (χ2n) is 4.53. The largest absolute Gasteiger partial charge is 0.399 e. The highest BCUT2D eigenvalue weighted by molar-refractivity contribution is 5.42. The first-order chi connectivity index (χ1) is 9.72. The van der Waals surface area contributed by atoms with Crippen molar-refractivity contribution in [3.05, 3.63) is 47.9 Å². The maximum absolute atomic E-state index is 8.75. The van der Waals surface area contributed by atoms with Crippen molar-refractivity contribution in [3.8, 4) is 6.07 Å². The minimum absolute atomic E-state index is 0.331. The van der Waals surface area contributed by atoms with Crippen molar-refractivity contribution in [1.82, 2.24) is 9.97 Å². The van der Waals surface area contributed by atoms with Gasteiger partial charge in [0.15, 0.2) is 5.69 Å². The molecule has 0 amide bonds. The monoisotopic (exact) mass is 267 g/mol. The van der Waals surface area contributed by atoms with E-state index in [1.165, 1.54) is 11.8 Å². The lowest BCUT2D eigenvalue weighted by molar-refractivity contribution is 0.751. The van der Waals surface area contributed by atoms with Crippen molar-refractivity contribution in [1.29, 1.82) is 5.26 Å². The molecule has 5 heteroatoms. The first kappa shape index (κ1) is 13.8. The van der Waals surface area contributed by atoms with Crippen LogP contribution in [0.4, 0.5) is 11.5 Å². The van der Waals surface area contributed by atoms with Crippen molar-refractivity contribution in [2.75, 3.05) is 17.2 Å². The highest BCUT2D eigenvalue weighted by Gasteiger charge is 2.08. The summed E-state index contributed by atoms with van der Waals surface area (Å²) in [5.41, 5.74) is 7.95. The van der Waals surface area contributed by atoms with Crippen molar-refractivity contribution < 1.29 is 0 Å². The normalized spacial score (nSPS) is 10.0. The van der Waals surface area contributed by atoms with Gasteiger partial charge >= 0.3 is 0 Å². The van der Waals surface area contributed by atoms with Crippen LogP contribution in [-0.4, -0.2) is 16.5 Å². The maximum Gasteiger partial charge on any atom is 0.158 e. The topological polar surface area (TPSA) is 78.8 Å². The molecule has 5 nitrogen and oxygen atoms in total. The highest BCUT2D eigenvalue weighted by Crippen LogP contribution is 2.15. The average Bonchev–Trinajstić information content (AvgIpc) is 2.49. The minimum Gasteiger partial charge on any atom is -0.399 e. The van der Waals surface area contributed by atoms with E-state index in [0.29, 0.717) is 5.69 Å². The van der Waals surface area contributed by atoms with E-state index in [9.17, 15) is 0 Å². The van der Waals surface area contributed by atoms with Gasteiger partial charge in [-0.25, -0.2) is 9.97 Å². The summed E-state index contributed by atoms with van der Waals surface area (Å²) in [6, 6.07) is 9.78. The molecule has 2 N–H and O–H groups in total. The fourth-order valence-corrected chi connectivity index (χ4v) is 1.93. The Kier molecular flexibility index (Phi) is 4.51. The summed E-state index contributed by atoms with van der Waals surface area (Å²) in [5, 5.41) is 8.75. The summed E-state index contributed by atoms with van der Waals surface area (Å²) in [5.74, 6) is 0.780. The van der Waals surface area contributed by atoms with Gasteiger partial charge in [0.2, 0.25) is 0 Å². The Bertz CT molecular complexity index is 583. The van der Waals surface area contributed by atoms with Crippen LogP contribution in [0.1, 0.15) is 24.6 Å². The number of anilines is 2. The lowest BCUT2D eigenvalue weighted by Gasteiger charge is -2.22. The van der Waals surface area contributed by atoms with E-state index >= 15 is 0 Å². The first-order valence-corrected chi connectivity index (χ1v) is 6.54. The van der Waals surface area contributed by atoms with Crippen molar-refractivity contribution in [3.63, 3.8) is 0 Å². The second kappa shape index (κ2) is 6.53. The molecule has 0 unspecified atom stereocenters. The molecule has 1 heterocycles. The van der Waals surface area contributed by atoms with Crippen LogP contribution in [0.15, 0.2) is 36.7 Å². The Morgan fingerprint density at radius 2 is 1.95 bits per heavy atom. The molecule has 0 radical (unpaired) electrons. The molecule has 20 heavy (non-hydrogen) atoms. The van der Waals surface area contributed by atoms with Gasteiger partial charge < -0.3 is 10.6 Å². The summed E-state index contributed by atoms with van der Waals surface area (Å²) in [7, 11) is 0. The molecular weight excluding hydrogens is 250 g/mol. The van der Waals surface area contributed by atoms with Crippen LogP contribution in [0.3, 0.4) is 0 Å². The zero-order chi connectivity index (χ0) is 14.4. The molecule has 2 aromatic rings. The number of nitrogen functional groups attached to an aromatic ring is 1. The van der Waals surface area contributed by atoms with Gasteiger partial charge in [-0.2, -0.15) is 5.26 Å². The lowest BCUT2D eigenvalue weighted by Crippen LogP contribution is -2.24.